The van der Waals surface area contributed by atoms with Crippen LogP contribution < -0.4 is 4.74 Å². The molecule has 0 N–H and O–H groups in total. The molecule has 6 nitrogen and oxygen atoms in total. The molecule has 7 heteroatoms. The second kappa shape index (κ2) is 7.81. The van der Waals surface area contributed by atoms with Gasteiger partial charge in [0.2, 0.25) is 5.89 Å². The molecule has 2 aromatic carbocycles. The maximum absolute atomic E-state index is 11.9. The van der Waals surface area contributed by atoms with Gasteiger partial charge in [-0.25, -0.2) is 4.79 Å². The zero-order valence-corrected chi connectivity index (χ0v) is 14.2. The number of para-hydroxylation sites is 1. The number of carbonyl (C=O) groups is 1. The number of nitrogens with zero attached hydrogens (tertiary/aromatic N) is 2. The van der Waals surface area contributed by atoms with Gasteiger partial charge in [-0.1, -0.05) is 23.7 Å². The van der Waals surface area contributed by atoms with Gasteiger partial charge in [-0.05, 0) is 43.3 Å². The van der Waals surface area contributed by atoms with E-state index >= 15 is 0 Å². The molecule has 0 radical (unpaired) electrons. The van der Waals surface area contributed by atoms with E-state index in [9.17, 15) is 4.79 Å². The molecule has 25 heavy (non-hydrogen) atoms. The Morgan fingerprint density at radius 1 is 1.12 bits per heavy atom. The van der Waals surface area contributed by atoms with E-state index in [0.29, 0.717) is 34.7 Å². The highest BCUT2D eigenvalue weighted by Gasteiger charge is 2.15. The fraction of sp³-hybridized carbons (Fsp3) is 0.167. The van der Waals surface area contributed by atoms with Crippen LogP contribution in [0.25, 0.3) is 11.5 Å². The molecule has 0 aliphatic rings. The number of rotatable bonds is 6. The monoisotopic (exact) mass is 358 g/mol. The number of halogens is 1. The van der Waals surface area contributed by atoms with Gasteiger partial charge in [0.05, 0.1) is 6.61 Å². The Hall–Kier alpha value is -2.86. The summed E-state index contributed by atoms with van der Waals surface area (Å²) < 4.78 is 16.2. The van der Waals surface area contributed by atoms with Crippen molar-refractivity contribution in [3.05, 3.63) is 65.0 Å². The molecule has 0 bridgehead atoms. The van der Waals surface area contributed by atoms with Crippen LogP contribution in [0.15, 0.2) is 52.9 Å². The molecule has 0 fully saturated rings. The first-order chi connectivity index (χ1) is 12.2. The lowest BCUT2D eigenvalue weighted by Gasteiger charge is -2.08. The second-order valence-corrected chi connectivity index (χ2v) is 5.45. The Labute approximate surface area is 149 Å². The van der Waals surface area contributed by atoms with E-state index in [1.165, 1.54) is 0 Å². The first-order valence-corrected chi connectivity index (χ1v) is 8.02. The summed E-state index contributed by atoms with van der Waals surface area (Å²) >= 11 is 5.86. The molecule has 0 saturated carbocycles. The van der Waals surface area contributed by atoms with Crippen molar-refractivity contribution in [3.8, 4) is 17.2 Å². The van der Waals surface area contributed by atoms with Crippen molar-refractivity contribution in [2.24, 2.45) is 0 Å². The van der Waals surface area contributed by atoms with E-state index in [1.54, 1.807) is 55.5 Å². The van der Waals surface area contributed by atoms with Crippen molar-refractivity contribution in [3.63, 3.8) is 0 Å². The number of benzene rings is 2. The molecule has 0 saturated heterocycles. The van der Waals surface area contributed by atoms with Crippen LogP contribution in [-0.2, 0) is 11.3 Å². The number of esters is 1. The lowest BCUT2D eigenvalue weighted by atomic mass is 10.2. The molecule has 0 atom stereocenters. The van der Waals surface area contributed by atoms with Gasteiger partial charge >= 0.3 is 5.97 Å². The quantitative estimate of drug-likeness (QED) is 0.616. The van der Waals surface area contributed by atoms with E-state index in [1.807, 2.05) is 0 Å². The number of carbonyl (C=O) groups excluding carboxylic acids is 1. The first kappa shape index (κ1) is 17.0. The Morgan fingerprint density at radius 3 is 2.64 bits per heavy atom. The standard InChI is InChI=1S/C18H15ClN2O4/c1-2-23-18(22)14-5-3-4-6-15(14)24-11-16-20-21-17(25-16)12-7-9-13(19)10-8-12/h3-10H,2,11H2,1H3. The third-order valence-electron chi connectivity index (χ3n) is 3.29. The van der Waals surface area contributed by atoms with Gasteiger partial charge in [0.1, 0.15) is 11.3 Å². The van der Waals surface area contributed by atoms with Gasteiger partial charge in [0, 0.05) is 10.6 Å². The average molecular weight is 359 g/mol. The molecule has 0 unspecified atom stereocenters. The fourth-order valence-electron chi connectivity index (χ4n) is 2.13. The molecular weight excluding hydrogens is 344 g/mol. The Balaban J connectivity index is 1.71. The van der Waals surface area contributed by atoms with Crippen molar-refractivity contribution in [1.29, 1.82) is 0 Å². The van der Waals surface area contributed by atoms with Gasteiger partial charge in [0.15, 0.2) is 6.61 Å². The minimum Gasteiger partial charge on any atom is -0.483 e. The van der Waals surface area contributed by atoms with Gasteiger partial charge in [-0.2, -0.15) is 0 Å². The predicted octanol–water partition coefficient (Wildman–Crippen LogP) is 4.15. The van der Waals surface area contributed by atoms with E-state index < -0.39 is 5.97 Å². The van der Waals surface area contributed by atoms with E-state index in [4.69, 9.17) is 25.5 Å². The van der Waals surface area contributed by atoms with Crippen LogP contribution in [0.3, 0.4) is 0 Å². The van der Waals surface area contributed by atoms with Crippen LogP contribution in [0.2, 0.25) is 5.02 Å². The SMILES string of the molecule is CCOC(=O)c1ccccc1OCc1nnc(-c2ccc(Cl)cc2)o1. The third kappa shape index (κ3) is 4.16. The van der Waals surface area contributed by atoms with E-state index in [0.717, 1.165) is 5.56 Å². The summed E-state index contributed by atoms with van der Waals surface area (Å²) in [5.41, 5.74) is 1.11. The molecule has 0 spiro atoms. The molecule has 0 amide bonds. The minimum absolute atomic E-state index is 0.0387. The van der Waals surface area contributed by atoms with Crippen molar-refractivity contribution < 1.29 is 18.7 Å². The summed E-state index contributed by atoms with van der Waals surface area (Å²) in [6, 6.07) is 13.9. The number of hydrogen-bond acceptors (Lipinski definition) is 6. The number of ether oxygens (including phenoxy) is 2. The van der Waals surface area contributed by atoms with Crippen LogP contribution in [0, 0.1) is 0 Å². The van der Waals surface area contributed by atoms with E-state index in [-0.39, 0.29) is 6.61 Å². The minimum atomic E-state index is -0.439. The smallest absolute Gasteiger partial charge is 0.341 e. The summed E-state index contributed by atoms with van der Waals surface area (Å²) in [6.07, 6.45) is 0. The van der Waals surface area contributed by atoms with Gasteiger partial charge in [-0.3, -0.25) is 0 Å². The molecule has 1 aromatic heterocycles. The average Bonchev–Trinajstić information content (AvgIpc) is 3.10. The first-order valence-electron chi connectivity index (χ1n) is 7.64. The summed E-state index contributed by atoms with van der Waals surface area (Å²) in [7, 11) is 0. The molecule has 0 aliphatic carbocycles. The molecule has 3 rings (SSSR count). The van der Waals surface area contributed by atoms with Gasteiger partial charge in [0.25, 0.3) is 5.89 Å². The van der Waals surface area contributed by atoms with Crippen molar-refractivity contribution >= 4 is 17.6 Å². The Bertz CT molecular complexity index is 862. The van der Waals surface area contributed by atoms with Crippen molar-refractivity contribution in [2.45, 2.75) is 13.5 Å². The fourth-order valence-corrected chi connectivity index (χ4v) is 2.26. The van der Waals surface area contributed by atoms with Gasteiger partial charge < -0.3 is 13.9 Å². The molecule has 1 heterocycles. The molecule has 0 aliphatic heterocycles. The van der Waals surface area contributed by atoms with Crippen molar-refractivity contribution in [1.82, 2.24) is 10.2 Å². The highest BCUT2D eigenvalue weighted by atomic mass is 35.5. The van der Waals surface area contributed by atoms with Crippen LogP contribution in [-0.4, -0.2) is 22.8 Å². The summed E-state index contributed by atoms with van der Waals surface area (Å²) in [5, 5.41) is 8.56. The van der Waals surface area contributed by atoms with Gasteiger partial charge in [-0.15, -0.1) is 10.2 Å². The lowest BCUT2D eigenvalue weighted by Crippen LogP contribution is -2.07. The molecule has 3 aromatic rings. The zero-order valence-electron chi connectivity index (χ0n) is 13.4. The second-order valence-electron chi connectivity index (χ2n) is 5.01. The normalized spacial score (nSPS) is 10.5. The number of hydrogen-bond donors (Lipinski definition) is 0. The van der Waals surface area contributed by atoms with Crippen LogP contribution in [0.5, 0.6) is 5.75 Å². The highest BCUT2D eigenvalue weighted by molar-refractivity contribution is 6.30. The van der Waals surface area contributed by atoms with Crippen molar-refractivity contribution in [2.75, 3.05) is 6.61 Å². The molecule has 128 valence electrons. The van der Waals surface area contributed by atoms with Crippen LogP contribution >= 0.6 is 11.6 Å². The summed E-state index contributed by atoms with van der Waals surface area (Å²) in [4.78, 5) is 11.9. The summed E-state index contributed by atoms with van der Waals surface area (Å²) in [5.74, 6) is 0.621. The predicted molar refractivity (Wildman–Crippen MR) is 91.5 cm³/mol. The Morgan fingerprint density at radius 2 is 1.88 bits per heavy atom. The summed E-state index contributed by atoms with van der Waals surface area (Å²) in [6.45, 7) is 2.08. The number of aromatic nitrogens is 2. The Kier molecular flexibility index (Phi) is 5.30. The highest BCUT2D eigenvalue weighted by Crippen LogP contribution is 2.22. The molecular formula is C18H15ClN2O4. The lowest BCUT2D eigenvalue weighted by molar-refractivity contribution is 0.0520. The van der Waals surface area contributed by atoms with E-state index in [2.05, 4.69) is 10.2 Å². The van der Waals surface area contributed by atoms with Crippen LogP contribution in [0.1, 0.15) is 23.2 Å². The topological polar surface area (TPSA) is 74.5 Å². The van der Waals surface area contributed by atoms with Crippen LogP contribution in [0.4, 0.5) is 0 Å². The maximum Gasteiger partial charge on any atom is 0.341 e. The third-order valence-corrected chi connectivity index (χ3v) is 3.54. The largest absolute Gasteiger partial charge is 0.483 e. The zero-order chi connectivity index (χ0) is 17.6. The maximum atomic E-state index is 11.9.